The number of ether oxygens (including phenoxy) is 2. The third kappa shape index (κ3) is 6.45. The lowest BCUT2D eigenvalue weighted by Gasteiger charge is -2.32. The Kier molecular flexibility index (Phi) is 8.78. The minimum atomic E-state index is -3.90. The molecule has 11 heteroatoms. The number of nitrogens with one attached hydrogen (secondary N) is 1. The summed E-state index contributed by atoms with van der Waals surface area (Å²) in [5, 5.41) is 2.75. The van der Waals surface area contributed by atoms with Crippen LogP contribution in [0, 0.1) is 5.82 Å². The predicted octanol–water partition coefficient (Wildman–Crippen LogP) is 2.69. The minimum Gasteiger partial charge on any atom is -0.486 e. The number of anilines is 1. The van der Waals surface area contributed by atoms with Crippen LogP contribution in [0.25, 0.3) is 0 Å². The lowest BCUT2D eigenvalue weighted by Crippen LogP contribution is -2.52. The van der Waals surface area contributed by atoms with Gasteiger partial charge in [-0.1, -0.05) is 18.2 Å². The molecule has 1 heterocycles. The predicted molar refractivity (Wildman–Crippen MR) is 134 cm³/mol. The number of nitrogens with zero attached hydrogens (tertiary/aromatic N) is 2. The molecular formula is C25H32FN3O6S. The third-order valence-corrected chi connectivity index (χ3v) is 7.43. The molecule has 196 valence electrons. The SMILES string of the molecule is CCS(=O)(=O)N(CC(=O)N(Cc1ccccc1F)[C@@H](C)C(=O)NC(C)C)c1ccc2c(c1)OCCO2. The summed E-state index contributed by atoms with van der Waals surface area (Å²) < 4.78 is 52.6. The van der Waals surface area contributed by atoms with E-state index >= 15 is 0 Å². The summed E-state index contributed by atoms with van der Waals surface area (Å²) >= 11 is 0. The van der Waals surface area contributed by atoms with Gasteiger partial charge in [0.25, 0.3) is 0 Å². The lowest BCUT2D eigenvalue weighted by atomic mass is 10.1. The first-order chi connectivity index (χ1) is 17.0. The zero-order valence-electron chi connectivity index (χ0n) is 20.9. The molecule has 1 aliphatic heterocycles. The van der Waals surface area contributed by atoms with Gasteiger partial charge in [0.05, 0.1) is 11.4 Å². The fourth-order valence-corrected chi connectivity index (χ4v) is 4.76. The van der Waals surface area contributed by atoms with Crippen LogP contribution in [-0.4, -0.2) is 62.7 Å². The van der Waals surface area contributed by atoms with Gasteiger partial charge in [-0.05, 0) is 45.9 Å². The molecule has 3 rings (SSSR count). The van der Waals surface area contributed by atoms with E-state index in [1.165, 1.54) is 49.1 Å². The monoisotopic (exact) mass is 521 g/mol. The van der Waals surface area contributed by atoms with E-state index in [9.17, 15) is 22.4 Å². The second-order valence-corrected chi connectivity index (χ2v) is 10.9. The quantitative estimate of drug-likeness (QED) is 0.516. The maximum atomic E-state index is 14.4. The highest BCUT2D eigenvalue weighted by atomic mass is 32.2. The largest absolute Gasteiger partial charge is 0.486 e. The second-order valence-electron chi connectivity index (χ2n) is 8.69. The molecule has 0 fully saturated rings. The van der Waals surface area contributed by atoms with Crippen molar-refractivity contribution in [1.29, 1.82) is 0 Å². The molecule has 0 radical (unpaired) electrons. The number of rotatable bonds is 10. The van der Waals surface area contributed by atoms with E-state index in [2.05, 4.69) is 5.32 Å². The Bertz CT molecular complexity index is 1200. The fourth-order valence-electron chi connectivity index (χ4n) is 3.70. The van der Waals surface area contributed by atoms with Gasteiger partial charge in [-0.2, -0.15) is 0 Å². The van der Waals surface area contributed by atoms with E-state index in [0.29, 0.717) is 24.7 Å². The number of sulfonamides is 1. The Hall–Kier alpha value is -3.34. The van der Waals surface area contributed by atoms with Gasteiger partial charge < -0.3 is 19.7 Å². The van der Waals surface area contributed by atoms with Crippen LogP contribution in [-0.2, 0) is 26.2 Å². The van der Waals surface area contributed by atoms with Crippen molar-refractivity contribution in [2.45, 2.75) is 46.3 Å². The van der Waals surface area contributed by atoms with Crippen LogP contribution in [0.4, 0.5) is 10.1 Å². The van der Waals surface area contributed by atoms with Crippen molar-refractivity contribution in [1.82, 2.24) is 10.2 Å². The number of amides is 2. The van der Waals surface area contributed by atoms with Crippen molar-refractivity contribution >= 4 is 27.5 Å². The van der Waals surface area contributed by atoms with Crippen LogP contribution in [0.3, 0.4) is 0 Å². The lowest BCUT2D eigenvalue weighted by molar-refractivity contribution is -0.139. The molecule has 0 saturated carbocycles. The zero-order valence-corrected chi connectivity index (χ0v) is 21.7. The Balaban J connectivity index is 1.96. The van der Waals surface area contributed by atoms with Gasteiger partial charge in [-0.3, -0.25) is 13.9 Å². The van der Waals surface area contributed by atoms with Crippen LogP contribution < -0.4 is 19.1 Å². The molecule has 0 saturated heterocycles. The maximum absolute atomic E-state index is 14.4. The van der Waals surface area contributed by atoms with Gasteiger partial charge in [0.2, 0.25) is 21.8 Å². The van der Waals surface area contributed by atoms with Crippen molar-refractivity contribution in [3.8, 4) is 11.5 Å². The van der Waals surface area contributed by atoms with Gasteiger partial charge in [0.1, 0.15) is 31.6 Å². The molecule has 2 amide bonds. The van der Waals surface area contributed by atoms with Crippen LogP contribution in [0.2, 0.25) is 0 Å². The number of benzene rings is 2. The van der Waals surface area contributed by atoms with E-state index in [1.807, 2.05) is 0 Å². The second kappa shape index (κ2) is 11.6. The average molecular weight is 522 g/mol. The Morgan fingerprint density at radius 1 is 1.06 bits per heavy atom. The highest BCUT2D eigenvalue weighted by molar-refractivity contribution is 7.92. The standard InChI is InChI=1S/C25H32FN3O6S/c1-5-36(32,33)29(20-10-11-22-23(14-20)35-13-12-34-22)16-24(30)28(18(4)25(31)27-17(2)3)15-19-8-6-7-9-21(19)26/h6-11,14,17-18H,5,12-13,15-16H2,1-4H3,(H,27,31)/t18-/m0/s1. The highest BCUT2D eigenvalue weighted by Gasteiger charge is 2.32. The van der Waals surface area contributed by atoms with Crippen LogP contribution >= 0.6 is 0 Å². The number of carbonyl (C=O) groups excluding carboxylic acids is 2. The first-order valence-corrected chi connectivity index (χ1v) is 13.4. The normalized spacial score (nSPS) is 13.7. The van der Waals surface area contributed by atoms with Crippen molar-refractivity contribution in [2.75, 3.05) is 29.8 Å². The van der Waals surface area contributed by atoms with Gasteiger partial charge in [0, 0.05) is 24.2 Å². The van der Waals surface area contributed by atoms with Crippen LogP contribution in [0.5, 0.6) is 11.5 Å². The van der Waals surface area contributed by atoms with E-state index in [1.54, 1.807) is 26.0 Å². The first-order valence-electron chi connectivity index (χ1n) is 11.8. The van der Waals surface area contributed by atoms with E-state index in [4.69, 9.17) is 9.47 Å². The molecule has 1 atom stereocenters. The Labute approximate surface area is 211 Å². The molecule has 2 aromatic carbocycles. The maximum Gasteiger partial charge on any atom is 0.244 e. The molecule has 0 bridgehead atoms. The summed E-state index contributed by atoms with van der Waals surface area (Å²) in [4.78, 5) is 27.6. The number of hydrogen-bond donors (Lipinski definition) is 1. The Morgan fingerprint density at radius 2 is 1.72 bits per heavy atom. The van der Waals surface area contributed by atoms with Gasteiger partial charge in [-0.25, -0.2) is 12.8 Å². The van der Waals surface area contributed by atoms with E-state index < -0.39 is 40.2 Å². The number of halogens is 1. The van der Waals surface area contributed by atoms with Crippen LogP contribution in [0.1, 0.15) is 33.3 Å². The average Bonchev–Trinajstić information content (AvgIpc) is 2.85. The van der Waals surface area contributed by atoms with Crippen molar-refractivity contribution < 1.29 is 31.9 Å². The molecule has 9 nitrogen and oxygen atoms in total. The van der Waals surface area contributed by atoms with Crippen LogP contribution in [0.15, 0.2) is 42.5 Å². The molecule has 0 spiro atoms. The Morgan fingerprint density at radius 3 is 2.36 bits per heavy atom. The molecule has 1 N–H and O–H groups in total. The smallest absolute Gasteiger partial charge is 0.244 e. The molecule has 1 aliphatic rings. The molecule has 0 aliphatic carbocycles. The van der Waals surface area contributed by atoms with Gasteiger partial charge in [0.15, 0.2) is 11.5 Å². The van der Waals surface area contributed by atoms with Gasteiger partial charge in [-0.15, -0.1) is 0 Å². The van der Waals surface area contributed by atoms with E-state index in [-0.39, 0.29) is 29.6 Å². The molecule has 2 aromatic rings. The molecule has 36 heavy (non-hydrogen) atoms. The number of hydrogen-bond acceptors (Lipinski definition) is 6. The summed E-state index contributed by atoms with van der Waals surface area (Å²) in [5.41, 5.74) is 0.429. The highest BCUT2D eigenvalue weighted by Crippen LogP contribution is 2.35. The fraction of sp³-hybridized carbons (Fsp3) is 0.440. The summed E-state index contributed by atoms with van der Waals surface area (Å²) in [6, 6.07) is 9.40. The van der Waals surface area contributed by atoms with Crippen molar-refractivity contribution in [3.05, 3.63) is 53.8 Å². The topological polar surface area (TPSA) is 105 Å². The number of fused-ring (bicyclic) bond motifs is 1. The van der Waals surface area contributed by atoms with Crippen molar-refractivity contribution in [3.63, 3.8) is 0 Å². The molecule has 0 aromatic heterocycles. The van der Waals surface area contributed by atoms with E-state index in [0.717, 1.165) is 4.31 Å². The first kappa shape index (κ1) is 27.3. The minimum absolute atomic E-state index is 0.181. The zero-order chi connectivity index (χ0) is 26.5. The van der Waals surface area contributed by atoms with Crippen molar-refractivity contribution in [2.24, 2.45) is 0 Å². The number of carbonyl (C=O) groups is 2. The summed E-state index contributed by atoms with van der Waals surface area (Å²) in [5.74, 6) is -1.03. The molecule has 0 unspecified atom stereocenters. The summed E-state index contributed by atoms with van der Waals surface area (Å²) in [6.45, 7) is 6.47. The third-order valence-electron chi connectivity index (χ3n) is 5.69. The summed E-state index contributed by atoms with van der Waals surface area (Å²) in [6.07, 6.45) is 0. The molecular weight excluding hydrogens is 489 g/mol. The summed E-state index contributed by atoms with van der Waals surface area (Å²) in [7, 11) is -3.90. The van der Waals surface area contributed by atoms with Gasteiger partial charge >= 0.3 is 0 Å².